The van der Waals surface area contributed by atoms with Crippen molar-refractivity contribution in [2.45, 2.75) is 32.7 Å². The molecule has 0 saturated carbocycles. The maximum atomic E-state index is 13.4. The van der Waals surface area contributed by atoms with E-state index in [2.05, 4.69) is 5.16 Å². The second-order valence-corrected chi connectivity index (χ2v) is 8.79. The first-order valence-corrected chi connectivity index (χ1v) is 12.4. The summed E-state index contributed by atoms with van der Waals surface area (Å²) in [5, 5.41) is 3.97. The number of hydrogen-bond acceptors (Lipinski definition) is 8. The van der Waals surface area contributed by atoms with Gasteiger partial charge in [0.05, 0.1) is 32.4 Å². The third kappa shape index (κ3) is 6.58. The maximum Gasteiger partial charge on any atom is 0.310 e. The molecule has 1 unspecified atom stereocenters. The fourth-order valence-electron chi connectivity index (χ4n) is 4.32. The molecule has 0 radical (unpaired) electrons. The highest BCUT2D eigenvalue weighted by Crippen LogP contribution is 2.24. The van der Waals surface area contributed by atoms with Gasteiger partial charge in [-0.3, -0.25) is 14.4 Å². The zero-order valence-electron chi connectivity index (χ0n) is 21.1. The van der Waals surface area contributed by atoms with Gasteiger partial charge in [-0.1, -0.05) is 5.16 Å². The smallest absolute Gasteiger partial charge is 0.310 e. The van der Waals surface area contributed by atoms with Crippen molar-refractivity contribution < 1.29 is 32.8 Å². The zero-order valence-corrected chi connectivity index (χ0v) is 21.1. The van der Waals surface area contributed by atoms with Crippen LogP contribution in [0.4, 0.5) is 0 Å². The largest absolute Gasteiger partial charge is 0.497 e. The van der Waals surface area contributed by atoms with Gasteiger partial charge in [0, 0.05) is 37.7 Å². The van der Waals surface area contributed by atoms with Crippen molar-refractivity contribution in [3.63, 3.8) is 0 Å². The Labute approximate surface area is 215 Å². The number of piperidine rings is 1. The third-order valence-electron chi connectivity index (χ3n) is 6.31. The number of nitrogens with zero attached hydrogens (tertiary/aromatic N) is 3. The Balaban J connectivity index is 1.43. The molecule has 1 saturated heterocycles. The summed E-state index contributed by atoms with van der Waals surface area (Å²) in [6.45, 7) is 3.32. The van der Waals surface area contributed by atoms with E-state index >= 15 is 0 Å². The normalized spacial score (nSPS) is 15.3. The lowest BCUT2D eigenvalue weighted by Crippen LogP contribution is -2.44. The van der Waals surface area contributed by atoms with E-state index < -0.39 is 0 Å². The van der Waals surface area contributed by atoms with E-state index in [1.807, 2.05) is 12.1 Å². The molecule has 10 nitrogen and oxygen atoms in total. The Hall–Kier alpha value is -4.08. The second-order valence-electron chi connectivity index (χ2n) is 8.79. The predicted octanol–water partition coefficient (Wildman–Crippen LogP) is 3.78. The summed E-state index contributed by atoms with van der Waals surface area (Å²) in [5.41, 5.74) is 0.881. The monoisotopic (exact) mass is 509 g/mol. The first-order chi connectivity index (χ1) is 18.0. The first kappa shape index (κ1) is 26.0. The molecule has 0 N–H and O–H groups in total. The highest BCUT2D eigenvalue weighted by atomic mass is 16.5. The molecule has 0 spiro atoms. The summed E-state index contributed by atoms with van der Waals surface area (Å²) in [5.74, 6) is 0.647. The molecule has 196 valence electrons. The van der Waals surface area contributed by atoms with Crippen LogP contribution in [0.2, 0.25) is 0 Å². The minimum atomic E-state index is -0.379. The van der Waals surface area contributed by atoms with Gasteiger partial charge in [-0.05, 0) is 56.2 Å². The van der Waals surface area contributed by atoms with Crippen LogP contribution < -0.4 is 4.74 Å². The lowest BCUT2D eigenvalue weighted by molar-refractivity contribution is -0.151. The van der Waals surface area contributed by atoms with Crippen molar-refractivity contribution >= 4 is 17.8 Å². The topological polar surface area (TPSA) is 115 Å². The molecule has 37 heavy (non-hydrogen) atoms. The van der Waals surface area contributed by atoms with Gasteiger partial charge in [-0.25, -0.2) is 0 Å². The molecule has 1 aliphatic heterocycles. The van der Waals surface area contributed by atoms with Crippen molar-refractivity contribution in [2.75, 3.05) is 33.4 Å². The van der Waals surface area contributed by atoms with Crippen LogP contribution in [0.25, 0.3) is 11.3 Å². The number of benzene rings is 1. The number of hydrogen-bond donors (Lipinski definition) is 0. The average molecular weight is 510 g/mol. The quantitative estimate of drug-likeness (QED) is 0.379. The van der Waals surface area contributed by atoms with E-state index in [0.717, 1.165) is 12.0 Å². The van der Waals surface area contributed by atoms with Gasteiger partial charge in [0.2, 0.25) is 5.91 Å². The van der Waals surface area contributed by atoms with E-state index in [9.17, 15) is 14.4 Å². The zero-order chi connectivity index (χ0) is 26.2. The maximum absolute atomic E-state index is 13.4. The van der Waals surface area contributed by atoms with Crippen LogP contribution in [0.3, 0.4) is 0 Å². The van der Waals surface area contributed by atoms with E-state index in [1.165, 1.54) is 11.2 Å². The van der Waals surface area contributed by atoms with Crippen LogP contribution in [-0.4, -0.2) is 66.1 Å². The van der Waals surface area contributed by atoms with E-state index in [0.29, 0.717) is 43.4 Å². The fraction of sp³-hybridized carbons (Fsp3) is 0.407. The molecular weight excluding hydrogens is 478 g/mol. The van der Waals surface area contributed by atoms with E-state index in [-0.39, 0.29) is 48.9 Å². The number of carbonyl (C=O) groups excluding carboxylic acids is 3. The second kappa shape index (κ2) is 12.2. The Kier molecular flexibility index (Phi) is 8.60. The highest BCUT2D eigenvalue weighted by molar-refractivity contribution is 5.93. The van der Waals surface area contributed by atoms with Crippen molar-refractivity contribution in [3.05, 3.63) is 60.2 Å². The molecule has 2 amide bonds. The molecule has 1 aliphatic rings. The van der Waals surface area contributed by atoms with Crippen LogP contribution in [0.1, 0.15) is 42.4 Å². The van der Waals surface area contributed by atoms with Crippen LogP contribution in [0.15, 0.2) is 57.7 Å². The molecule has 1 fully saturated rings. The molecular formula is C27H31N3O7. The molecule has 0 aliphatic carbocycles. The van der Waals surface area contributed by atoms with Crippen molar-refractivity contribution in [1.82, 2.24) is 15.0 Å². The number of esters is 1. The number of ether oxygens (including phenoxy) is 2. The molecule has 4 rings (SSSR count). The predicted molar refractivity (Wildman–Crippen MR) is 132 cm³/mol. The molecule has 1 atom stereocenters. The lowest BCUT2D eigenvalue weighted by Gasteiger charge is -2.32. The highest BCUT2D eigenvalue weighted by Gasteiger charge is 2.30. The Morgan fingerprint density at radius 1 is 1.19 bits per heavy atom. The van der Waals surface area contributed by atoms with Crippen molar-refractivity contribution in [1.29, 1.82) is 0 Å². The Morgan fingerprint density at radius 2 is 2.00 bits per heavy atom. The van der Waals surface area contributed by atoms with Gasteiger partial charge in [0.25, 0.3) is 5.91 Å². The Morgan fingerprint density at radius 3 is 2.70 bits per heavy atom. The van der Waals surface area contributed by atoms with Crippen molar-refractivity contribution in [3.8, 4) is 17.1 Å². The van der Waals surface area contributed by atoms with Gasteiger partial charge in [0.1, 0.15) is 11.5 Å². The van der Waals surface area contributed by atoms with Crippen LogP contribution in [-0.2, 0) is 20.9 Å². The Bertz CT molecular complexity index is 1190. The minimum Gasteiger partial charge on any atom is -0.497 e. The van der Waals surface area contributed by atoms with Gasteiger partial charge in [-0.2, -0.15) is 0 Å². The van der Waals surface area contributed by atoms with Gasteiger partial charge >= 0.3 is 5.97 Å². The summed E-state index contributed by atoms with van der Waals surface area (Å²) in [7, 11) is 1.59. The average Bonchev–Trinajstić information content (AvgIpc) is 3.63. The van der Waals surface area contributed by atoms with Crippen LogP contribution >= 0.6 is 0 Å². The van der Waals surface area contributed by atoms with Gasteiger partial charge < -0.3 is 28.2 Å². The van der Waals surface area contributed by atoms with Crippen molar-refractivity contribution in [2.24, 2.45) is 5.92 Å². The molecule has 3 aromatic rings. The minimum absolute atomic E-state index is 0.102. The number of likely N-dealkylation sites (tertiary alicyclic amines) is 1. The lowest BCUT2D eigenvalue weighted by atomic mass is 9.98. The van der Waals surface area contributed by atoms with E-state index in [1.54, 1.807) is 49.3 Å². The standard InChI is InChI=1S/C27H31N3O7/c1-3-35-27(33)20-6-4-13-29(17-20)25(31)12-14-30(18-22-7-5-15-36-22)26(32)23-16-24(37-28-23)19-8-10-21(34-2)11-9-19/h5,7-11,15-16,20H,3-4,6,12-14,17-18H2,1-2H3. The number of rotatable bonds is 10. The molecule has 1 aromatic carbocycles. The number of furan rings is 1. The molecule has 10 heteroatoms. The van der Waals surface area contributed by atoms with Gasteiger partial charge in [-0.15, -0.1) is 0 Å². The summed E-state index contributed by atoms with van der Waals surface area (Å²) in [6, 6.07) is 12.3. The SMILES string of the molecule is CCOC(=O)C1CCCN(C(=O)CCN(Cc2ccco2)C(=O)c2cc(-c3ccc(OC)cc3)on2)C1. The number of carbonyl (C=O) groups is 3. The molecule has 2 aromatic heterocycles. The summed E-state index contributed by atoms with van der Waals surface area (Å²) >= 11 is 0. The molecule has 0 bridgehead atoms. The van der Waals surface area contributed by atoms with Crippen LogP contribution in [0.5, 0.6) is 5.75 Å². The summed E-state index contributed by atoms with van der Waals surface area (Å²) in [4.78, 5) is 41.7. The fourth-order valence-corrected chi connectivity index (χ4v) is 4.32. The summed E-state index contributed by atoms with van der Waals surface area (Å²) < 4.78 is 21.2. The number of methoxy groups -OCH3 is 1. The van der Waals surface area contributed by atoms with Crippen LogP contribution in [0, 0.1) is 5.92 Å². The van der Waals surface area contributed by atoms with Gasteiger partial charge in [0.15, 0.2) is 11.5 Å². The number of aromatic nitrogens is 1. The van der Waals surface area contributed by atoms with E-state index in [4.69, 9.17) is 18.4 Å². The first-order valence-electron chi connectivity index (χ1n) is 12.4. The molecule has 3 heterocycles. The number of amides is 2. The summed E-state index contributed by atoms with van der Waals surface area (Å²) in [6.07, 6.45) is 3.07. The third-order valence-corrected chi connectivity index (χ3v) is 6.31.